The van der Waals surface area contributed by atoms with Crippen molar-refractivity contribution in [3.8, 4) is 0 Å². The molecule has 0 aromatic carbocycles. The second kappa shape index (κ2) is 50.4. The van der Waals surface area contributed by atoms with E-state index in [4.69, 9.17) is 14.2 Å². The lowest BCUT2D eigenvalue weighted by Gasteiger charge is -2.41. The van der Waals surface area contributed by atoms with Gasteiger partial charge in [-0.2, -0.15) is 0 Å². The van der Waals surface area contributed by atoms with Crippen LogP contribution in [0.25, 0.3) is 0 Å². The largest absolute Gasteiger partial charge is 0.454 e. The number of amides is 1. The molecule has 1 saturated heterocycles. The molecule has 11 nitrogen and oxygen atoms in total. The Hall–Kier alpha value is -2.38. The highest BCUT2D eigenvalue weighted by Crippen LogP contribution is 2.26. The van der Waals surface area contributed by atoms with E-state index < -0.39 is 67.4 Å². The second-order valence-corrected chi connectivity index (χ2v) is 21.1. The number of hydrogen-bond acceptors (Lipinski definition) is 10. The Balaban J connectivity index is 2.72. The van der Waals surface area contributed by atoms with Crippen LogP contribution in [0.3, 0.4) is 0 Å². The van der Waals surface area contributed by atoms with Crippen molar-refractivity contribution in [3.63, 3.8) is 0 Å². The maximum atomic E-state index is 13.4. The number of hydrogen-bond donors (Lipinski definition) is 6. The first kappa shape index (κ1) is 68.6. The average Bonchev–Trinajstić information content (AvgIpc) is 3.39. The van der Waals surface area contributed by atoms with Gasteiger partial charge < -0.3 is 45.1 Å². The summed E-state index contributed by atoms with van der Waals surface area (Å²) in [7, 11) is 0. The van der Waals surface area contributed by atoms with Gasteiger partial charge in [0.25, 0.3) is 0 Å². The molecule has 0 aromatic rings. The van der Waals surface area contributed by atoms with Gasteiger partial charge in [0.15, 0.2) is 12.4 Å². The first-order chi connectivity index (χ1) is 35.7. The van der Waals surface area contributed by atoms with E-state index in [-0.39, 0.29) is 19.4 Å². The summed E-state index contributed by atoms with van der Waals surface area (Å²) >= 11 is 0. The molecule has 426 valence electrons. The maximum absolute atomic E-state index is 13.4. The fraction of sp³-hybridized carbons (Fsp3) is 0.839. The molecule has 73 heavy (non-hydrogen) atoms. The van der Waals surface area contributed by atoms with E-state index in [0.29, 0.717) is 12.8 Å². The number of rotatable bonds is 51. The number of aliphatic hydroxyl groups excluding tert-OH is 5. The van der Waals surface area contributed by atoms with Crippen LogP contribution >= 0.6 is 0 Å². The molecule has 1 rings (SSSR count). The molecule has 0 saturated carbocycles. The second-order valence-electron chi connectivity index (χ2n) is 21.1. The van der Waals surface area contributed by atoms with Gasteiger partial charge in [0, 0.05) is 6.42 Å². The minimum absolute atomic E-state index is 0.118. The third kappa shape index (κ3) is 38.8. The number of esters is 1. The fourth-order valence-electron chi connectivity index (χ4n) is 9.34. The lowest BCUT2D eigenvalue weighted by molar-refractivity contribution is -0.305. The third-order valence-corrected chi connectivity index (χ3v) is 14.2. The van der Waals surface area contributed by atoms with Crippen molar-refractivity contribution < 1.29 is 49.3 Å². The third-order valence-electron chi connectivity index (χ3n) is 14.2. The topological polar surface area (TPSA) is 175 Å². The Labute approximate surface area is 446 Å². The van der Waals surface area contributed by atoms with Gasteiger partial charge in [-0.05, 0) is 77.0 Å². The number of aliphatic hydroxyl groups is 5. The minimum Gasteiger partial charge on any atom is -0.454 e. The molecule has 0 bridgehead atoms. The summed E-state index contributed by atoms with van der Waals surface area (Å²) in [5.41, 5.74) is 0. The van der Waals surface area contributed by atoms with Gasteiger partial charge in [0.2, 0.25) is 5.91 Å². The van der Waals surface area contributed by atoms with Crippen molar-refractivity contribution in [2.24, 2.45) is 0 Å². The lowest BCUT2D eigenvalue weighted by Crippen LogP contribution is -2.61. The molecule has 6 N–H and O–H groups in total. The van der Waals surface area contributed by atoms with Gasteiger partial charge in [0.1, 0.15) is 24.4 Å². The number of carbonyl (C=O) groups is 2. The molecule has 11 heteroatoms. The quantitative estimate of drug-likeness (QED) is 0.0149. The van der Waals surface area contributed by atoms with E-state index in [1.165, 1.54) is 135 Å². The van der Waals surface area contributed by atoms with Gasteiger partial charge in [-0.1, -0.05) is 236 Å². The standard InChI is InChI=1S/C62H113NO10/c1-4-7-10-13-16-19-22-25-27-28-29-32-35-38-41-44-47-50-57(67)73-60-59(69)58(68)56(51-64)72-62(60)71-52-53(54(65)48-45-42-39-36-33-30-24-21-18-15-12-9-6-3)63-61(70)55(66)49-46-43-40-37-34-31-26-23-20-17-14-11-8-5-2/h17,20,23,25-27,45,48,53-56,58-60,62,64-66,68-69H,4-16,18-19,21-22,24,28-44,46-47,49-52H2,1-3H3,(H,63,70)/b20-17+,26-23+,27-25+,48-45+. The smallest absolute Gasteiger partial charge is 0.306 e. The van der Waals surface area contributed by atoms with Crippen LogP contribution in [0.1, 0.15) is 271 Å². The molecule has 1 amide bonds. The summed E-state index contributed by atoms with van der Waals surface area (Å²) in [6.07, 6.45) is 50.0. The Kier molecular flexibility index (Phi) is 47.4. The number of ether oxygens (including phenoxy) is 3. The zero-order chi connectivity index (χ0) is 53.3. The molecular weight excluding hydrogens is 919 g/mol. The molecule has 1 aliphatic rings. The monoisotopic (exact) mass is 1030 g/mol. The van der Waals surface area contributed by atoms with Crippen molar-refractivity contribution in [3.05, 3.63) is 48.6 Å². The molecule has 1 heterocycles. The Morgan fingerprint density at radius 1 is 0.534 bits per heavy atom. The van der Waals surface area contributed by atoms with Crippen LogP contribution in [-0.2, 0) is 23.8 Å². The van der Waals surface area contributed by atoms with Crippen LogP contribution < -0.4 is 5.32 Å². The number of allylic oxidation sites excluding steroid dienone is 7. The van der Waals surface area contributed by atoms with Gasteiger partial charge in [0.05, 0.1) is 25.4 Å². The highest BCUT2D eigenvalue weighted by atomic mass is 16.7. The zero-order valence-electron chi connectivity index (χ0n) is 47.0. The maximum Gasteiger partial charge on any atom is 0.306 e. The van der Waals surface area contributed by atoms with Crippen molar-refractivity contribution in [1.82, 2.24) is 5.32 Å². The summed E-state index contributed by atoms with van der Waals surface area (Å²) in [5.74, 6) is -1.21. The van der Waals surface area contributed by atoms with Gasteiger partial charge in [-0.25, -0.2) is 0 Å². The number of nitrogens with one attached hydrogen (secondary N) is 1. The molecule has 8 atom stereocenters. The SMILES string of the molecule is CCCCC/C=C/C=C/CCCCCCCC(O)C(=O)NC(COC1OC(CO)C(O)C(O)C1OC(=O)CCCCCCCCC/C=C/CCCCCCCC)C(O)/C=C/CCCCCCCCCCCCC. The van der Waals surface area contributed by atoms with Crippen LogP contribution in [0.4, 0.5) is 0 Å². The Morgan fingerprint density at radius 2 is 0.945 bits per heavy atom. The van der Waals surface area contributed by atoms with Gasteiger partial charge in [-0.3, -0.25) is 9.59 Å². The fourth-order valence-corrected chi connectivity index (χ4v) is 9.34. The van der Waals surface area contributed by atoms with E-state index in [1.54, 1.807) is 6.08 Å². The van der Waals surface area contributed by atoms with E-state index in [2.05, 4.69) is 62.5 Å². The van der Waals surface area contributed by atoms with E-state index >= 15 is 0 Å². The predicted octanol–water partition coefficient (Wildman–Crippen LogP) is 14.1. The molecule has 0 spiro atoms. The molecule has 0 aliphatic carbocycles. The molecular formula is C62H113NO10. The van der Waals surface area contributed by atoms with E-state index in [0.717, 1.165) is 89.9 Å². The van der Waals surface area contributed by atoms with Gasteiger partial charge >= 0.3 is 5.97 Å². The van der Waals surface area contributed by atoms with Crippen LogP contribution in [0.2, 0.25) is 0 Å². The molecule has 1 aliphatic heterocycles. The van der Waals surface area contributed by atoms with Crippen LogP contribution in [0, 0.1) is 0 Å². The molecule has 0 aromatic heterocycles. The minimum atomic E-state index is -1.62. The number of unbranched alkanes of at least 4 members (excludes halogenated alkanes) is 32. The number of carbonyl (C=O) groups excluding carboxylic acids is 2. The molecule has 0 radical (unpaired) electrons. The van der Waals surface area contributed by atoms with Crippen molar-refractivity contribution >= 4 is 11.9 Å². The van der Waals surface area contributed by atoms with E-state index in [1.807, 2.05) is 6.08 Å². The molecule has 8 unspecified atom stereocenters. The van der Waals surface area contributed by atoms with Crippen molar-refractivity contribution in [1.29, 1.82) is 0 Å². The summed E-state index contributed by atoms with van der Waals surface area (Å²) in [6, 6.07) is -1.03. The normalized spacial score (nSPS) is 19.7. The van der Waals surface area contributed by atoms with Crippen LogP contribution in [0.5, 0.6) is 0 Å². The summed E-state index contributed by atoms with van der Waals surface area (Å²) in [5, 5.41) is 56.9. The van der Waals surface area contributed by atoms with Crippen LogP contribution in [-0.4, -0.2) is 99.6 Å². The highest BCUT2D eigenvalue weighted by Gasteiger charge is 2.47. The predicted molar refractivity (Wildman–Crippen MR) is 301 cm³/mol. The van der Waals surface area contributed by atoms with Gasteiger partial charge in [-0.15, -0.1) is 0 Å². The van der Waals surface area contributed by atoms with Crippen molar-refractivity contribution in [2.75, 3.05) is 13.2 Å². The lowest BCUT2D eigenvalue weighted by atomic mass is 9.99. The first-order valence-corrected chi connectivity index (χ1v) is 30.4. The first-order valence-electron chi connectivity index (χ1n) is 30.4. The Bertz CT molecular complexity index is 1370. The summed E-state index contributed by atoms with van der Waals surface area (Å²) in [6.45, 7) is 5.75. The Morgan fingerprint density at radius 3 is 1.44 bits per heavy atom. The molecule has 1 fully saturated rings. The highest BCUT2D eigenvalue weighted by molar-refractivity contribution is 5.80. The van der Waals surface area contributed by atoms with Crippen LogP contribution in [0.15, 0.2) is 48.6 Å². The summed E-state index contributed by atoms with van der Waals surface area (Å²) < 4.78 is 17.6. The average molecular weight is 1030 g/mol. The summed E-state index contributed by atoms with van der Waals surface area (Å²) in [4.78, 5) is 26.5. The van der Waals surface area contributed by atoms with Crippen molar-refractivity contribution in [2.45, 2.75) is 320 Å². The van der Waals surface area contributed by atoms with E-state index in [9.17, 15) is 35.1 Å². The zero-order valence-corrected chi connectivity index (χ0v) is 47.0.